The van der Waals surface area contributed by atoms with Gasteiger partial charge in [0, 0.05) is 42.4 Å². The standard InChI is InChI=1S/C17H24N4O2S/c1-11-7-15(13(3)23-11)12(2)19-17(22)21-5-6-24-10-16(21)14-8-18-20(4)9-14/h7-9,12,16H,5-6,10H2,1-4H3,(H,19,22)/t12-,16-/m1/s1. The van der Waals surface area contributed by atoms with Gasteiger partial charge in [0.1, 0.15) is 11.5 Å². The first kappa shape index (κ1) is 17.0. The number of carbonyl (C=O) groups excluding carboxylic acids is 1. The number of aromatic nitrogens is 2. The fourth-order valence-electron chi connectivity index (χ4n) is 3.16. The lowest BCUT2D eigenvalue weighted by Crippen LogP contribution is -2.46. The molecule has 3 heterocycles. The summed E-state index contributed by atoms with van der Waals surface area (Å²) >= 11 is 1.88. The molecule has 2 aromatic rings. The number of thioether (sulfide) groups is 1. The molecule has 0 radical (unpaired) electrons. The van der Waals surface area contributed by atoms with Gasteiger partial charge in [-0.05, 0) is 26.8 Å². The quantitative estimate of drug-likeness (QED) is 0.925. The number of hydrogen-bond donors (Lipinski definition) is 1. The van der Waals surface area contributed by atoms with E-state index in [1.807, 2.05) is 62.9 Å². The van der Waals surface area contributed by atoms with Crippen molar-refractivity contribution < 1.29 is 9.21 Å². The highest BCUT2D eigenvalue weighted by atomic mass is 32.2. The third-order valence-electron chi connectivity index (χ3n) is 4.38. The highest BCUT2D eigenvalue weighted by Gasteiger charge is 2.30. The summed E-state index contributed by atoms with van der Waals surface area (Å²) in [6, 6.07) is 1.94. The Kier molecular flexibility index (Phi) is 4.89. The van der Waals surface area contributed by atoms with Gasteiger partial charge in [-0.15, -0.1) is 0 Å². The Bertz CT molecular complexity index is 724. The molecule has 1 aliphatic heterocycles. The molecule has 130 valence electrons. The number of urea groups is 1. The summed E-state index contributed by atoms with van der Waals surface area (Å²) in [4.78, 5) is 14.8. The largest absolute Gasteiger partial charge is 0.466 e. The Hall–Kier alpha value is -1.89. The molecule has 0 spiro atoms. The Labute approximate surface area is 146 Å². The smallest absolute Gasteiger partial charge is 0.318 e. The molecule has 7 heteroatoms. The Morgan fingerprint density at radius 1 is 1.50 bits per heavy atom. The number of hydrogen-bond acceptors (Lipinski definition) is 4. The predicted molar refractivity (Wildman–Crippen MR) is 95.1 cm³/mol. The molecule has 1 fully saturated rings. The van der Waals surface area contributed by atoms with Gasteiger partial charge in [0.15, 0.2) is 0 Å². The first-order valence-corrected chi connectivity index (χ1v) is 9.31. The molecule has 0 aliphatic carbocycles. The van der Waals surface area contributed by atoms with Crippen LogP contribution in [0.4, 0.5) is 4.79 Å². The van der Waals surface area contributed by atoms with Crippen LogP contribution in [-0.4, -0.2) is 38.8 Å². The van der Waals surface area contributed by atoms with Crippen molar-refractivity contribution in [2.75, 3.05) is 18.1 Å². The van der Waals surface area contributed by atoms with Gasteiger partial charge in [-0.25, -0.2) is 4.79 Å². The highest BCUT2D eigenvalue weighted by Crippen LogP contribution is 2.30. The second-order valence-electron chi connectivity index (χ2n) is 6.27. The van der Waals surface area contributed by atoms with Crippen molar-refractivity contribution in [1.82, 2.24) is 20.0 Å². The Morgan fingerprint density at radius 2 is 2.29 bits per heavy atom. The molecule has 1 N–H and O–H groups in total. The fourth-order valence-corrected chi connectivity index (χ4v) is 4.25. The van der Waals surface area contributed by atoms with Crippen molar-refractivity contribution in [2.45, 2.75) is 32.9 Å². The molecular weight excluding hydrogens is 324 g/mol. The molecule has 0 bridgehead atoms. The molecule has 1 saturated heterocycles. The van der Waals surface area contributed by atoms with Crippen LogP contribution in [0.2, 0.25) is 0 Å². The number of amides is 2. The first-order valence-electron chi connectivity index (χ1n) is 8.16. The molecular formula is C17H24N4O2S. The SMILES string of the molecule is Cc1cc([C@@H](C)NC(=O)N2CCSC[C@@H]2c2cnn(C)c2)c(C)o1. The fraction of sp³-hybridized carbons (Fsp3) is 0.529. The molecule has 2 amide bonds. The van der Waals surface area contributed by atoms with Crippen molar-refractivity contribution in [3.8, 4) is 0 Å². The molecule has 6 nitrogen and oxygen atoms in total. The van der Waals surface area contributed by atoms with Crippen LogP contribution in [0.5, 0.6) is 0 Å². The average molecular weight is 348 g/mol. The number of nitrogens with one attached hydrogen (secondary N) is 1. The van der Waals surface area contributed by atoms with E-state index in [4.69, 9.17) is 4.42 Å². The van der Waals surface area contributed by atoms with E-state index in [9.17, 15) is 4.79 Å². The molecule has 0 unspecified atom stereocenters. The molecule has 1 aliphatic rings. The van der Waals surface area contributed by atoms with Crippen molar-refractivity contribution in [1.29, 1.82) is 0 Å². The van der Waals surface area contributed by atoms with Gasteiger partial charge in [0.25, 0.3) is 0 Å². The van der Waals surface area contributed by atoms with E-state index < -0.39 is 0 Å². The van der Waals surface area contributed by atoms with Crippen LogP contribution in [0.3, 0.4) is 0 Å². The van der Waals surface area contributed by atoms with Crippen LogP contribution < -0.4 is 5.32 Å². The van der Waals surface area contributed by atoms with Crippen molar-refractivity contribution in [2.24, 2.45) is 7.05 Å². The maximum atomic E-state index is 12.8. The molecule has 2 atom stereocenters. The lowest BCUT2D eigenvalue weighted by atomic mass is 10.1. The van der Waals surface area contributed by atoms with Gasteiger partial charge in [0.2, 0.25) is 0 Å². The van der Waals surface area contributed by atoms with Crippen molar-refractivity contribution >= 4 is 17.8 Å². The summed E-state index contributed by atoms with van der Waals surface area (Å²) in [5, 5.41) is 7.36. The third kappa shape index (κ3) is 3.45. The van der Waals surface area contributed by atoms with Gasteiger partial charge in [0.05, 0.1) is 18.3 Å². The van der Waals surface area contributed by atoms with Crippen LogP contribution in [0.1, 0.15) is 41.7 Å². The summed E-state index contributed by atoms with van der Waals surface area (Å²) < 4.78 is 7.36. The van der Waals surface area contributed by atoms with Crippen LogP contribution in [0, 0.1) is 13.8 Å². The maximum Gasteiger partial charge on any atom is 0.318 e. The van der Waals surface area contributed by atoms with E-state index in [2.05, 4.69) is 10.4 Å². The zero-order valence-corrected chi connectivity index (χ0v) is 15.4. The highest BCUT2D eigenvalue weighted by molar-refractivity contribution is 7.99. The summed E-state index contributed by atoms with van der Waals surface area (Å²) in [6.07, 6.45) is 3.84. The minimum Gasteiger partial charge on any atom is -0.466 e. The lowest BCUT2D eigenvalue weighted by molar-refractivity contribution is 0.179. The second kappa shape index (κ2) is 6.93. The Balaban J connectivity index is 1.73. The molecule has 0 saturated carbocycles. The number of rotatable bonds is 3. The summed E-state index contributed by atoms with van der Waals surface area (Å²) in [7, 11) is 1.90. The van der Waals surface area contributed by atoms with Gasteiger partial charge in [-0.2, -0.15) is 16.9 Å². The van der Waals surface area contributed by atoms with E-state index in [0.717, 1.165) is 40.7 Å². The lowest BCUT2D eigenvalue weighted by Gasteiger charge is -2.35. The topological polar surface area (TPSA) is 63.3 Å². The van der Waals surface area contributed by atoms with Gasteiger partial charge in [-0.3, -0.25) is 4.68 Å². The normalized spacial score (nSPS) is 19.3. The monoisotopic (exact) mass is 348 g/mol. The van der Waals surface area contributed by atoms with E-state index >= 15 is 0 Å². The predicted octanol–water partition coefficient (Wildman–Crippen LogP) is 3.19. The van der Waals surface area contributed by atoms with E-state index in [1.54, 1.807) is 4.68 Å². The minimum atomic E-state index is -0.0842. The van der Waals surface area contributed by atoms with E-state index in [1.165, 1.54) is 0 Å². The van der Waals surface area contributed by atoms with Crippen LogP contribution >= 0.6 is 11.8 Å². The number of nitrogens with zero attached hydrogens (tertiary/aromatic N) is 3. The molecule has 0 aromatic carbocycles. The van der Waals surface area contributed by atoms with Gasteiger partial charge in [-0.1, -0.05) is 0 Å². The molecule has 2 aromatic heterocycles. The van der Waals surface area contributed by atoms with Crippen LogP contribution in [-0.2, 0) is 7.05 Å². The van der Waals surface area contributed by atoms with Gasteiger partial charge >= 0.3 is 6.03 Å². The van der Waals surface area contributed by atoms with E-state index in [0.29, 0.717) is 0 Å². The van der Waals surface area contributed by atoms with Crippen LogP contribution in [0.25, 0.3) is 0 Å². The summed E-state index contributed by atoms with van der Waals surface area (Å²) in [6.45, 7) is 6.59. The first-order chi connectivity index (χ1) is 11.5. The average Bonchev–Trinajstić information content (AvgIpc) is 3.12. The van der Waals surface area contributed by atoms with Crippen molar-refractivity contribution in [3.63, 3.8) is 0 Å². The van der Waals surface area contributed by atoms with Crippen molar-refractivity contribution in [3.05, 3.63) is 41.1 Å². The van der Waals surface area contributed by atoms with Gasteiger partial charge < -0.3 is 14.6 Å². The van der Waals surface area contributed by atoms with Crippen LogP contribution in [0.15, 0.2) is 22.9 Å². The minimum absolute atomic E-state index is 0.0325. The summed E-state index contributed by atoms with van der Waals surface area (Å²) in [5.74, 6) is 3.59. The maximum absolute atomic E-state index is 12.8. The molecule has 24 heavy (non-hydrogen) atoms. The van der Waals surface area contributed by atoms with E-state index in [-0.39, 0.29) is 18.1 Å². The third-order valence-corrected chi connectivity index (χ3v) is 5.41. The Morgan fingerprint density at radius 3 is 2.92 bits per heavy atom. The zero-order chi connectivity index (χ0) is 17.3. The second-order valence-corrected chi connectivity index (χ2v) is 7.42. The number of furan rings is 1. The number of carbonyl (C=O) groups is 1. The zero-order valence-electron chi connectivity index (χ0n) is 14.6. The number of aryl methyl sites for hydroxylation is 3. The molecule has 3 rings (SSSR count). The summed E-state index contributed by atoms with van der Waals surface area (Å²) in [5.41, 5.74) is 2.12.